The number of phosphoric ester groups is 1. The Morgan fingerprint density at radius 2 is 1.16 bits per heavy atom. The molecule has 0 aromatic heterocycles. The minimum atomic E-state index is -4.53. The van der Waals surface area contributed by atoms with E-state index in [1.165, 1.54) is 32.1 Å². The van der Waals surface area contributed by atoms with Crippen LogP contribution < -0.4 is 4.89 Å². The Morgan fingerprint density at radius 1 is 0.640 bits per heavy atom. The number of likely N-dealkylation sites (N-methyl/N-ethyl adjacent to an activating group) is 1. The van der Waals surface area contributed by atoms with E-state index in [0.717, 1.165) is 83.5 Å². The van der Waals surface area contributed by atoms with Gasteiger partial charge in [-0.1, -0.05) is 120 Å². The highest BCUT2D eigenvalue weighted by atomic mass is 31.2. The average molecular weight is 724 g/mol. The Morgan fingerprint density at radius 3 is 1.76 bits per heavy atom. The van der Waals surface area contributed by atoms with E-state index in [1.54, 1.807) is 0 Å². The molecule has 0 radical (unpaired) electrons. The molecular weight excluding hydrogens is 649 g/mol. The predicted octanol–water partition coefficient (Wildman–Crippen LogP) is 10.4. The first-order valence-electron chi connectivity index (χ1n) is 19.5. The van der Waals surface area contributed by atoms with Crippen LogP contribution in [0, 0.1) is 0 Å². The molecular formula is C41H74NO7P. The predicted molar refractivity (Wildman–Crippen MR) is 208 cm³/mol. The van der Waals surface area contributed by atoms with Crippen molar-refractivity contribution in [3.05, 3.63) is 60.8 Å². The molecule has 0 N–H and O–H groups in total. The molecule has 0 aromatic rings. The Kier molecular flexibility index (Phi) is 33.1. The van der Waals surface area contributed by atoms with Crippen molar-refractivity contribution in [2.75, 3.05) is 54.1 Å². The molecule has 0 aromatic carbocycles. The molecule has 0 fully saturated rings. The maximum Gasteiger partial charge on any atom is 0.306 e. The SMILES string of the molecule is CC/C=C\C/C=C\C/C=C\C/C=C\CCCCCCC(=O)OC(COCCCCCCCC/C=C\CCC)COP(=O)([O-])OCC[N+](C)(C)C. The summed E-state index contributed by atoms with van der Waals surface area (Å²) in [5.41, 5.74) is 0. The molecule has 0 aliphatic rings. The highest BCUT2D eigenvalue weighted by Crippen LogP contribution is 2.38. The van der Waals surface area contributed by atoms with Crippen LogP contribution in [0.15, 0.2) is 60.8 Å². The highest BCUT2D eigenvalue weighted by Gasteiger charge is 2.20. The Labute approximate surface area is 307 Å². The Balaban J connectivity index is 4.35. The van der Waals surface area contributed by atoms with E-state index in [1.807, 2.05) is 21.1 Å². The van der Waals surface area contributed by atoms with Crippen LogP contribution in [0.5, 0.6) is 0 Å². The molecule has 0 spiro atoms. The van der Waals surface area contributed by atoms with Gasteiger partial charge in [0.05, 0.1) is 34.4 Å². The van der Waals surface area contributed by atoms with Crippen molar-refractivity contribution < 1.29 is 37.3 Å². The van der Waals surface area contributed by atoms with Crippen molar-refractivity contribution in [1.82, 2.24) is 0 Å². The van der Waals surface area contributed by atoms with Crippen molar-refractivity contribution in [2.24, 2.45) is 0 Å². The lowest BCUT2D eigenvalue weighted by molar-refractivity contribution is -0.870. The lowest BCUT2D eigenvalue weighted by atomic mass is 10.1. The molecule has 0 amide bonds. The van der Waals surface area contributed by atoms with E-state index in [2.05, 4.69) is 74.6 Å². The van der Waals surface area contributed by atoms with Crippen LogP contribution in [0.1, 0.15) is 136 Å². The zero-order chi connectivity index (χ0) is 37.0. The fraction of sp³-hybridized carbons (Fsp3) is 0.732. The standard InChI is InChI=1S/C41H74NO7P/c1-6-8-10-12-14-16-18-19-20-21-22-23-24-26-28-30-32-34-41(43)49-40(39-48-50(44,45)47-37-35-42(3,4)5)38-46-36-33-31-29-27-25-17-15-13-11-9-7-2/h8,10-11,13-14,16,19-20,22-23,40H,6-7,9,12,15,17-18,21,24-39H2,1-5H3/b10-8-,13-11-,16-14-,20-19-,23-22-. The first-order valence-corrected chi connectivity index (χ1v) is 21.0. The normalized spacial score (nSPS) is 14.6. The molecule has 50 heavy (non-hydrogen) atoms. The first-order chi connectivity index (χ1) is 24.1. The summed E-state index contributed by atoms with van der Waals surface area (Å²) in [7, 11) is 1.32. The lowest BCUT2D eigenvalue weighted by Crippen LogP contribution is -2.37. The molecule has 0 saturated heterocycles. The van der Waals surface area contributed by atoms with Crippen LogP contribution >= 0.6 is 7.82 Å². The monoisotopic (exact) mass is 724 g/mol. The van der Waals surface area contributed by atoms with Gasteiger partial charge in [-0.3, -0.25) is 9.36 Å². The van der Waals surface area contributed by atoms with Gasteiger partial charge in [-0.2, -0.15) is 0 Å². The molecule has 2 unspecified atom stereocenters. The molecule has 290 valence electrons. The third kappa shape index (κ3) is 37.5. The van der Waals surface area contributed by atoms with Gasteiger partial charge < -0.3 is 27.9 Å². The quantitative estimate of drug-likeness (QED) is 0.0211. The number of nitrogens with zero attached hydrogens (tertiary/aromatic N) is 1. The second-order valence-corrected chi connectivity index (χ2v) is 15.3. The number of phosphoric acid groups is 1. The molecule has 0 saturated carbocycles. The molecule has 0 bridgehead atoms. The van der Waals surface area contributed by atoms with Crippen molar-refractivity contribution in [2.45, 2.75) is 142 Å². The van der Waals surface area contributed by atoms with Crippen LogP contribution in [0.2, 0.25) is 0 Å². The fourth-order valence-electron chi connectivity index (χ4n) is 4.77. The van der Waals surface area contributed by atoms with Crippen LogP contribution in [-0.2, 0) is 27.9 Å². The number of carbonyl (C=O) groups is 1. The maximum absolute atomic E-state index is 12.6. The molecule has 0 aliphatic heterocycles. The largest absolute Gasteiger partial charge is 0.756 e. The van der Waals surface area contributed by atoms with Gasteiger partial charge in [-0.05, 0) is 70.6 Å². The summed E-state index contributed by atoms with van der Waals surface area (Å²) in [5.74, 6) is -0.364. The summed E-state index contributed by atoms with van der Waals surface area (Å²) in [5, 5.41) is 0. The molecule has 9 heteroatoms. The van der Waals surface area contributed by atoms with E-state index in [9.17, 15) is 14.3 Å². The summed E-state index contributed by atoms with van der Waals surface area (Å²) in [6, 6.07) is 0. The highest BCUT2D eigenvalue weighted by molar-refractivity contribution is 7.45. The lowest BCUT2D eigenvalue weighted by Gasteiger charge is -2.28. The molecule has 0 aliphatic carbocycles. The van der Waals surface area contributed by atoms with Gasteiger partial charge >= 0.3 is 5.97 Å². The van der Waals surface area contributed by atoms with E-state index >= 15 is 0 Å². The first kappa shape index (κ1) is 48.2. The number of quaternary nitrogens is 1. The van der Waals surface area contributed by atoms with Gasteiger partial charge in [0.2, 0.25) is 0 Å². The van der Waals surface area contributed by atoms with Gasteiger partial charge in [0.1, 0.15) is 19.3 Å². The number of hydrogen-bond acceptors (Lipinski definition) is 7. The summed E-state index contributed by atoms with van der Waals surface area (Å²) in [6.45, 7) is 5.17. The maximum atomic E-state index is 12.6. The second-order valence-electron chi connectivity index (χ2n) is 13.9. The zero-order valence-electron chi connectivity index (χ0n) is 32.6. The number of carbonyl (C=O) groups excluding carboxylic acids is 1. The van der Waals surface area contributed by atoms with Gasteiger partial charge in [-0.25, -0.2) is 0 Å². The zero-order valence-corrected chi connectivity index (χ0v) is 33.5. The third-order valence-electron chi connectivity index (χ3n) is 7.78. The van der Waals surface area contributed by atoms with Crippen LogP contribution in [0.3, 0.4) is 0 Å². The van der Waals surface area contributed by atoms with Crippen molar-refractivity contribution in [1.29, 1.82) is 0 Å². The minimum Gasteiger partial charge on any atom is -0.756 e. The Bertz CT molecular complexity index is 984. The number of esters is 1. The van der Waals surface area contributed by atoms with E-state index < -0.39 is 13.9 Å². The van der Waals surface area contributed by atoms with Crippen molar-refractivity contribution in [3.8, 4) is 0 Å². The number of unbranched alkanes of at least 4 members (excludes halogenated alkanes) is 11. The number of ether oxygens (including phenoxy) is 2. The summed E-state index contributed by atoms with van der Waals surface area (Å²) in [6.07, 6.45) is 40.9. The van der Waals surface area contributed by atoms with Crippen molar-refractivity contribution >= 4 is 13.8 Å². The van der Waals surface area contributed by atoms with Crippen LogP contribution in [-0.4, -0.2) is 70.7 Å². The smallest absolute Gasteiger partial charge is 0.306 e. The van der Waals surface area contributed by atoms with E-state index in [4.69, 9.17) is 18.5 Å². The topological polar surface area (TPSA) is 94.1 Å². The molecule has 8 nitrogen and oxygen atoms in total. The van der Waals surface area contributed by atoms with Gasteiger partial charge in [-0.15, -0.1) is 0 Å². The summed E-state index contributed by atoms with van der Waals surface area (Å²) < 4.78 is 34.4. The molecule has 2 atom stereocenters. The van der Waals surface area contributed by atoms with Gasteiger partial charge in [0, 0.05) is 13.0 Å². The number of rotatable bonds is 35. The summed E-state index contributed by atoms with van der Waals surface area (Å²) >= 11 is 0. The Hall–Kier alpha value is -1.80. The van der Waals surface area contributed by atoms with Crippen LogP contribution in [0.25, 0.3) is 0 Å². The third-order valence-corrected chi connectivity index (χ3v) is 8.75. The number of hydrogen-bond donors (Lipinski definition) is 0. The second kappa shape index (κ2) is 34.3. The van der Waals surface area contributed by atoms with E-state index in [0.29, 0.717) is 17.6 Å². The fourth-order valence-corrected chi connectivity index (χ4v) is 5.50. The molecule has 0 heterocycles. The average Bonchev–Trinajstić information content (AvgIpc) is 3.06. The summed E-state index contributed by atoms with van der Waals surface area (Å²) in [4.78, 5) is 24.9. The number of allylic oxidation sites excluding steroid dienone is 10. The van der Waals surface area contributed by atoms with Gasteiger partial charge in [0.15, 0.2) is 0 Å². The van der Waals surface area contributed by atoms with Gasteiger partial charge in [0.25, 0.3) is 7.82 Å². The van der Waals surface area contributed by atoms with Crippen molar-refractivity contribution in [3.63, 3.8) is 0 Å². The van der Waals surface area contributed by atoms with Crippen LogP contribution in [0.4, 0.5) is 0 Å². The minimum absolute atomic E-state index is 0.0169. The molecule has 0 rings (SSSR count). The van der Waals surface area contributed by atoms with E-state index in [-0.39, 0.29) is 32.2 Å².